The molecule has 0 spiro atoms. The van der Waals surface area contributed by atoms with E-state index in [0.29, 0.717) is 16.7 Å². The lowest BCUT2D eigenvalue weighted by Gasteiger charge is -2.08. The van der Waals surface area contributed by atoms with E-state index in [-0.39, 0.29) is 17.4 Å². The number of imide groups is 1. The van der Waals surface area contributed by atoms with Gasteiger partial charge in [-0.15, -0.1) is 0 Å². The zero-order valence-electron chi connectivity index (χ0n) is 12.9. The maximum absolute atomic E-state index is 12.3. The van der Waals surface area contributed by atoms with Crippen LogP contribution in [-0.4, -0.2) is 21.7 Å². The summed E-state index contributed by atoms with van der Waals surface area (Å²) in [5.41, 5.74) is 2.79. The molecule has 0 saturated carbocycles. The van der Waals surface area contributed by atoms with E-state index < -0.39 is 0 Å². The van der Waals surface area contributed by atoms with E-state index in [1.54, 1.807) is 30.3 Å². The van der Waals surface area contributed by atoms with Gasteiger partial charge in [-0.3, -0.25) is 14.4 Å². The monoisotopic (exact) mass is 308 g/mol. The second-order valence-corrected chi connectivity index (χ2v) is 5.40. The Labute approximate surface area is 133 Å². The number of benzene rings is 1. The van der Waals surface area contributed by atoms with Gasteiger partial charge in [0.1, 0.15) is 0 Å². The normalized spacial score (nSPS) is 13.9. The molecule has 0 bridgehead atoms. The molecular formula is C18H16N2O3. The number of amides is 2. The van der Waals surface area contributed by atoms with Crippen molar-refractivity contribution in [1.29, 1.82) is 0 Å². The van der Waals surface area contributed by atoms with Crippen molar-refractivity contribution in [3.8, 4) is 0 Å². The molecular weight excluding hydrogens is 292 g/mol. The van der Waals surface area contributed by atoms with Crippen LogP contribution in [0, 0.1) is 6.92 Å². The van der Waals surface area contributed by atoms with Crippen LogP contribution in [0.3, 0.4) is 0 Å². The first-order valence-electron chi connectivity index (χ1n) is 7.41. The second kappa shape index (κ2) is 5.68. The summed E-state index contributed by atoms with van der Waals surface area (Å²) in [4.78, 5) is 40.3. The smallest absolute Gasteiger partial charge is 0.265 e. The Kier molecular flexibility index (Phi) is 3.70. The van der Waals surface area contributed by atoms with Gasteiger partial charge in [-0.05, 0) is 43.2 Å². The highest BCUT2D eigenvalue weighted by atomic mass is 16.2. The van der Waals surface area contributed by atoms with E-state index in [4.69, 9.17) is 0 Å². The molecule has 116 valence electrons. The third-order valence-corrected chi connectivity index (χ3v) is 3.98. The molecule has 0 unspecified atom stereocenters. The minimum absolute atomic E-state index is 0.243. The Morgan fingerprint density at radius 2 is 1.70 bits per heavy atom. The first-order valence-corrected chi connectivity index (χ1v) is 7.41. The number of fused-ring (bicyclic) bond motifs is 1. The lowest BCUT2D eigenvalue weighted by atomic mass is 10.1. The highest BCUT2D eigenvalue weighted by Gasteiger charge is 2.33. The van der Waals surface area contributed by atoms with Crippen LogP contribution >= 0.6 is 0 Å². The summed E-state index contributed by atoms with van der Waals surface area (Å²) < 4.78 is 0. The number of aromatic amines is 1. The van der Waals surface area contributed by atoms with Crippen molar-refractivity contribution < 1.29 is 9.59 Å². The molecule has 2 heterocycles. The third-order valence-electron chi connectivity index (χ3n) is 3.98. The summed E-state index contributed by atoms with van der Waals surface area (Å²) in [6.07, 6.45) is 3.65. The average Bonchev–Trinajstić information content (AvgIpc) is 2.79. The van der Waals surface area contributed by atoms with Gasteiger partial charge in [0.05, 0.1) is 11.1 Å². The number of hydrogen-bond donors (Lipinski definition) is 1. The summed E-state index contributed by atoms with van der Waals surface area (Å²) in [5, 5.41) is 0. The molecule has 23 heavy (non-hydrogen) atoms. The van der Waals surface area contributed by atoms with Gasteiger partial charge < -0.3 is 4.98 Å². The summed E-state index contributed by atoms with van der Waals surface area (Å²) in [7, 11) is 0. The largest absolute Gasteiger partial charge is 0.326 e. The van der Waals surface area contributed by atoms with Crippen molar-refractivity contribution in [3.05, 3.63) is 74.8 Å². The Bertz CT molecular complexity index is 858. The number of aromatic nitrogens is 1. The molecule has 5 heteroatoms. The molecule has 0 aliphatic carbocycles. The lowest BCUT2D eigenvalue weighted by Crippen LogP contribution is -2.23. The minimum Gasteiger partial charge on any atom is -0.326 e. The van der Waals surface area contributed by atoms with Crippen molar-refractivity contribution in [2.75, 3.05) is 0 Å². The van der Waals surface area contributed by atoms with E-state index in [0.717, 1.165) is 22.6 Å². The number of nitrogens with one attached hydrogen (secondary N) is 1. The van der Waals surface area contributed by atoms with Crippen LogP contribution in [-0.2, 0) is 6.42 Å². The van der Waals surface area contributed by atoms with Gasteiger partial charge in [0, 0.05) is 17.5 Å². The number of nitrogens with zero attached hydrogens (tertiary/aromatic N) is 1. The Hall–Kier alpha value is -2.95. The van der Waals surface area contributed by atoms with Crippen LogP contribution in [0.2, 0.25) is 0 Å². The fourth-order valence-electron chi connectivity index (χ4n) is 2.67. The van der Waals surface area contributed by atoms with Crippen molar-refractivity contribution in [2.24, 2.45) is 0 Å². The summed E-state index contributed by atoms with van der Waals surface area (Å²) in [6.45, 7) is 3.84. The fraction of sp³-hybridized carbons (Fsp3) is 0.167. The number of hydrogen-bond acceptors (Lipinski definition) is 3. The molecule has 1 N–H and O–H groups in total. The highest BCUT2D eigenvalue weighted by Crippen LogP contribution is 2.23. The molecule has 0 saturated heterocycles. The van der Waals surface area contributed by atoms with Gasteiger partial charge in [0.15, 0.2) is 0 Å². The topological polar surface area (TPSA) is 70.2 Å². The van der Waals surface area contributed by atoms with E-state index in [1.165, 1.54) is 12.3 Å². The first-order chi connectivity index (χ1) is 11.0. The van der Waals surface area contributed by atoms with Crippen LogP contribution in [0.5, 0.6) is 0 Å². The molecule has 1 aromatic carbocycles. The minimum atomic E-state index is -0.374. The molecule has 0 fully saturated rings. The van der Waals surface area contributed by atoms with Gasteiger partial charge >= 0.3 is 0 Å². The molecule has 0 radical (unpaired) electrons. The van der Waals surface area contributed by atoms with Gasteiger partial charge in [0.2, 0.25) is 0 Å². The van der Waals surface area contributed by atoms with E-state index in [2.05, 4.69) is 4.98 Å². The maximum Gasteiger partial charge on any atom is 0.265 e. The predicted octanol–water partition coefficient (Wildman–Crippen LogP) is 2.51. The summed E-state index contributed by atoms with van der Waals surface area (Å²) in [6, 6.07) is 8.46. The van der Waals surface area contributed by atoms with E-state index in [1.807, 2.05) is 13.8 Å². The van der Waals surface area contributed by atoms with Crippen LogP contribution in [0.4, 0.5) is 0 Å². The number of pyridine rings is 1. The molecule has 2 aromatic rings. The Morgan fingerprint density at radius 3 is 2.26 bits per heavy atom. The van der Waals surface area contributed by atoms with Crippen LogP contribution < -0.4 is 5.56 Å². The molecule has 2 amide bonds. The molecule has 1 aliphatic heterocycles. The number of carbonyl (C=O) groups is 2. The van der Waals surface area contributed by atoms with Gasteiger partial charge in [-0.2, -0.15) is 0 Å². The number of rotatable bonds is 3. The fourth-order valence-corrected chi connectivity index (χ4v) is 2.67. The summed E-state index contributed by atoms with van der Waals surface area (Å²) in [5.74, 6) is -0.748. The maximum atomic E-state index is 12.3. The second-order valence-electron chi connectivity index (χ2n) is 5.40. The van der Waals surface area contributed by atoms with E-state index >= 15 is 0 Å². The van der Waals surface area contributed by atoms with Crippen LogP contribution in [0.1, 0.15) is 44.5 Å². The van der Waals surface area contributed by atoms with Gasteiger partial charge in [-0.25, -0.2) is 4.90 Å². The molecule has 3 rings (SSSR count). The highest BCUT2D eigenvalue weighted by molar-refractivity contribution is 6.22. The quantitative estimate of drug-likeness (QED) is 0.886. The first kappa shape index (κ1) is 15.0. The van der Waals surface area contributed by atoms with Crippen LogP contribution in [0.15, 0.2) is 41.3 Å². The lowest BCUT2D eigenvalue weighted by molar-refractivity contribution is 0.0722. The molecule has 1 aromatic heterocycles. The van der Waals surface area contributed by atoms with Crippen LogP contribution in [0.25, 0.3) is 6.08 Å². The SMILES string of the molecule is CCc1cc(/C=C/N2C(=O)c3ccccc3C2=O)c(=O)[nH]c1C. The van der Waals surface area contributed by atoms with Crippen molar-refractivity contribution >= 4 is 17.9 Å². The molecule has 1 aliphatic rings. The average molecular weight is 308 g/mol. The Morgan fingerprint density at radius 1 is 1.09 bits per heavy atom. The van der Waals surface area contributed by atoms with Crippen molar-refractivity contribution in [3.63, 3.8) is 0 Å². The number of H-pyrrole nitrogens is 1. The molecule has 5 nitrogen and oxygen atoms in total. The standard InChI is InChI=1S/C18H16N2O3/c1-3-12-10-13(16(21)19-11(12)2)8-9-20-17(22)14-6-4-5-7-15(14)18(20)23/h4-10H,3H2,1-2H3,(H,19,21)/b9-8+. The zero-order chi connectivity index (χ0) is 16.6. The van der Waals surface area contributed by atoms with Gasteiger partial charge in [0.25, 0.3) is 17.4 Å². The third kappa shape index (κ3) is 2.50. The predicted molar refractivity (Wildman–Crippen MR) is 87.2 cm³/mol. The van der Waals surface area contributed by atoms with Gasteiger partial charge in [-0.1, -0.05) is 19.1 Å². The van der Waals surface area contributed by atoms with E-state index in [9.17, 15) is 14.4 Å². The van der Waals surface area contributed by atoms with Crippen molar-refractivity contribution in [2.45, 2.75) is 20.3 Å². The zero-order valence-corrected chi connectivity index (χ0v) is 12.9. The van der Waals surface area contributed by atoms with Crippen molar-refractivity contribution in [1.82, 2.24) is 9.88 Å². The Balaban J connectivity index is 1.95. The summed E-state index contributed by atoms with van der Waals surface area (Å²) >= 11 is 0. The number of carbonyl (C=O) groups excluding carboxylic acids is 2. The number of aryl methyl sites for hydroxylation is 2. The molecule has 0 atom stereocenters.